The number of aliphatic hydroxyl groups excluding tert-OH is 1. The fourth-order valence-electron chi connectivity index (χ4n) is 1.60. The molecule has 0 aliphatic heterocycles. The van der Waals surface area contributed by atoms with Crippen LogP contribution in [-0.4, -0.2) is 30.3 Å². The van der Waals surface area contributed by atoms with Gasteiger partial charge >= 0.3 is 0 Å². The highest BCUT2D eigenvalue weighted by Crippen LogP contribution is 2.08. The highest BCUT2D eigenvalue weighted by atomic mass is 16.2. The van der Waals surface area contributed by atoms with E-state index in [-0.39, 0.29) is 6.61 Å². The van der Waals surface area contributed by atoms with Crippen LogP contribution >= 0.6 is 0 Å². The summed E-state index contributed by atoms with van der Waals surface area (Å²) in [7, 11) is 0. The Bertz CT molecular complexity index is 130. The molecule has 0 fully saturated rings. The largest absolute Gasteiger partial charge is 0.396 e. The summed E-state index contributed by atoms with van der Waals surface area (Å²) in [6, 6.07) is 0.860. The highest BCUT2D eigenvalue weighted by Gasteiger charge is 2.15. The van der Waals surface area contributed by atoms with Crippen molar-refractivity contribution in [3.8, 4) is 0 Å². The second-order valence-corrected chi connectivity index (χ2v) is 4.16. The third-order valence-electron chi connectivity index (χ3n) is 2.88. The van der Waals surface area contributed by atoms with Crippen LogP contribution in [0.5, 0.6) is 0 Å². The number of aliphatic hydroxyl groups is 1. The molecule has 0 aromatic carbocycles. The summed E-state index contributed by atoms with van der Waals surface area (Å²) < 4.78 is 0. The molecule has 0 saturated heterocycles. The zero-order chi connectivity index (χ0) is 11.0. The van der Waals surface area contributed by atoms with Gasteiger partial charge in [-0.2, -0.15) is 0 Å². The number of nitrogens with two attached hydrogens (primary N) is 1. The molecule has 0 spiro atoms. The van der Waals surface area contributed by atoms with E-state index in [9.17, 15) is 0 Å². The van der Waals surface area contributed by atoms with E-state index < -0.39 is 0 Å². The predicted molar refractivity (Wildman–Crippen MR) is 61.2 cm³/mol. The van der Waals surface area contributed by atoms with Crippen molar-refractivity contribution in [1.82, 2.24) is 5.32 Å². The Morgan fingerprint density at radius 3 is 2.43 bits per heavy atom. The van der Waals surface area contributed by atoms with Gasteiger partial charge in [-0.05, 0) is 25.7 Å². The van der Waals surface area contributed by atoms with E-state index in [1.54, 1.807) is 0 Å². The molecule has 3 atom stereocenters. The minimum absolute atomic E-state index is 0.280. The van der Waals surface area contributed by atoms with E-state index in [0.717, 1.165) is 19.3 Å². The quantitative estimate of drug-likeness (QED) is 0.552. The van der Waals surface area contributed by atoms with Crippen LogP contribution in [0.15, 0.2) is 0 Å². The molecule has 3 unspecified atom stereocenters. The van der Waals surface area contributed by atoms with Gasteiger partial charge in [0.25, 0.3) is 0 Å². The molecule has 86 valence electrons. The second-order valence-electron chi connectivity index (χ2n) is 4.16. The monoisotopic (exact) mass is 202 g/mol. The van der Waals surface area contributed by atoms with Crippen LogP contribution in [0.1, 0.15) is 40.0 Å². The molecular weight excluding hydrogens is 176 g/mol. The van der Waals surface area contributed by atoms with Crippen LogP contribution in [-0.2, 0) is 0 Å². The zero-order valence-electron chi connectivity index (χ0n) is 9.79. The number of hydrogen-bond acceptors (Lipinski definition) is 3. The molecule has 0 rings (SSSR count). The van der Waals surface area contributed by atoms with E-state index in [1.165, 1.54) is 0 Å². The van der Waals surface area contributed by atoms with Crippen LogP contribution in [0, 0.1) is 5.92 Å². The third kappa shape index (κ3) is 5.58. The fourth-order valence-corrected chi connectivity index (χ4v) is 1.60. The Morgan fingerprint density at radius 2 is 2.00 bits per heavy atom. The molecule has 0 saturated carbocycles. The standard InChI is InChI=1S/C11H26N2O/c1-4-9(2)11(8-12)13-10(3)6-5-7-14/h9-11,13-14H,4-8,12H2,1-3H3. The molecule has 4 N–H and O–H groups in total. The van der Waals surface area contributed by atoms with Crippen LogP contribution in [0.2, 0.25) is 0 Å². The van der Waals surface area contributed by atoms with Crippen LogP contribution in [0.25, 0.3) is 0 Å². The smallest absolute Gasteiger partial charge is 0.0431 e. The number of nitrogens with one attached hydrogen (secondary N) is 1. The normalized spacial score (nSPS) is 17.8. The van der Waals surface area contributed by atoms with Gasteiger partial charge in [-0.3, -0.25) is 0 Å². The molecule has 0 aliphatic rings. The molecule has 0 aromatic heterocycles. The van der Waals surface area contributed by atoms with Crippen LogP contribution < -0.4 is 11.1 Å². The van der Waals surface area contributed by atoms with Crippen molar-refractivity contribution >= 4 is 0 Å². The van der Waals surface area contributed by atoms with Crippen LogP contribution in [0.4, 0.5) is 0 Å². The van der Waals surface area contributed by atoms with Crippen LogP contribution in [0.3, 0.4) is 0 Å². The first-order valence-electron chi connectivity index (χ1n) is 5.72. The number of rotatable bonds is 8. The van der Waals surface area contributed by atoms with Gasteiger partial charge in [0, 0.05) is 25.2 Å². The Kier molecular flexibility index (Phi) is 8.14. The van der Waals surface area contributed by atoms with Gasteiger partial charge in [0.15, 0.2) is 0 Å². The summed E-state index contributed by atoms with van der Waals surface area (Å²) in [4.78, 5) is 0. The molecule has 0 radical (unpaired) electrons. The summed E-state index contributed by atoms with van der Waals surface area (Å²) >= 11 is 0. The minimum atomic E-state index is 0.280. The molecular formula is C11H26N2O. The van der Waals surface area contributed by atoms with Gasteiger partial charge < -0.3 is 16.2 Å². The topological polar surface area (TPSA) is 58.3 Å². The Labute approximate surface area is 88.1 Å². The second kappa shape index (κ2) is 8.21. The molecule has 14 heavy (non-hydrogen) atoms. The van der Waals surface area contributed by atoms with E-state index in [1.807, 2.05) is 0 Å². The molecule has 0 amide bonds. The van der Waals surface area contributed by atoms with Gasteiger partial charge in [-0.25, -0.2) is 0 Å². The predicted octanol–water partition coefficient (Wildman–Crippen LogP) is 1.11. The van der Waals surface area contributed by atoms with Gasteiger partial charge in [0.1, 0.15) is 0 Å². The summed E-state index contributed by atoms with van der Waals surface area (Å²) in [5.41, 5.74) is 5.71. The van der Waals surface area contributed by atoms with Gasteiger partial charge in [-0.1, -0.05) is 20.3 Å². The lowest BCUT2D eigenvalue weighted by atomic mass is 9.98. The van der Waals surface area contributed by atoms with Gasteiger partial charge in [0.2, 0.25) is 0 Å². The molecule has 3 heteroatoms. The molecule has 3 nitrogen and oxygen atoms in total. The maximum atomic E-state index is 8.71. The molecule has 0 aliphatic carbocycles. The fraction of sp³-hybridized carbons (Fsp3) is 1.00. The third-order valence-corrected chi connectivity index (χ3v) is 2.88. The van der Waals surface area contributed by atoms with Crippen molar-refractivity contribution < 1.29 is 5.11 Å². The van der Waals surface area contributed by atoms with Crippen molar-refractivity contribution in [2.75, 3.05) is 13.2 Å². The van der Waals surface area contributed by atoms with E-state index in [2.05, 4.69) is 26.1 Å². The first kappa shape index (κ1) is 13.9. The summed E-state index contributed by atoms with van der Waals surface area (Å²) in [6.45, 7) is 7.54. The Morgan fingerprint density at radius 1 is 1.36 bits per heavy atom. The average molecular weight is 202 g/mol. The first-order valence-corrected chi connectivity index (χ1v) is 5.72. The van der Waals surface area contributed by atoms with Gasteiger partial charge in [-0.15, -0.1) is 0 Å². The average Bonchev–Trinajstić information content (AvgIpc) is 2.21. The number of hydrogen-bond donors (Lipinski definition) is 3. The maximum Gasteiger partial charge on any atom is 0.0431 e. The van der Waals surface area contributed by atoms with E-state index in [0.29, 0.717) is 24.5 Å². The summed E-state index contributed by atoms with van der Waals surface area (Å²) in [6.07, 6.45) is 3.04. The molecule has 0 bridgehead atoms. The lowest BCUT2D eigenvalue weighted by Crippen LogP contribution is -2.45. The van der Waals surface area contributed by atoms with Crippen molar-refractivity contribution in [2.45, 2.75) is 52.1 Å². The van der Waals surface area contributed by atoms with E-state index in [4.69, 9.17) is 10.8 Å². The van der Waals surface area contributed by atoms with Crippen molar-refractivity contribution in [3.63, 3.8) is 0 Å². The maximum absolute atomic E-state index is 8.71. The Balaban J connectivity index is 3.79. The first-order chi connectivity index (χ1) is 6.65. The summed E-state index contributed by atoms with van der Waals surface area (Å²) in [5.74, 6) is 0.622. The van der Waals surface area contributed by atoms with Crippen molar-refractivity contribution in [3.05, 3.63) is 0 Å². The van der Waals surface area contributed by atoms with Crippen molar-refractivity contribution in [1.29, 1.82) is 0 Å². The zero-order valence-corrected chi connectivity index (χ0v) is 9.79. The summed E-state index contributed by atoms with van der Waals surface area (Å²) in [5, 5.41) is 12.2. The van der Waals surface area contributed by atoms with E-state index >= 15 is 0 Å². The molecule has 0 aromatic rings. The minimum Gasteiger partial charge on any atom is -0.396 e. The van der Waals surface area contributed by atoms with Crippen molar-refractivity contribution in [2.24, 2.45) is 11.7 Å². The highest BCUT2D eigenvalue weighted by molar-refractivity contribution is 4.76. The van der Waals surface area contributed by atoms with Gasteiger partial charge in [0.05, 0.1) is 0 Å². The lowest BCUT2D eigenvalue weighted by Gasteiger charge is -2.26. The Hall–Kier alpha value is -0.120. The lowest BCUT2D eigenvalue weighted by molar-refractivity contribution is 0.266. The molecule has 0 heterocycles. The SMILES string of the molecule is CCC(C)C(CN)NC(C)CCCO.